The molecule has 0 saturated heterocycles. The predicted molar refractivity (Wildman–Crippen MR) is 34.1 cm³/mol. The number of carbonyl (C=O) groups is 1. The van der Waals surface area contributed by atoms with Gasteiger partial charge in [-0.25, -0.2) is 0 Å². The number of Topliss-reactive ketones (excluding diaryl/α,β-unsaturated/α-hetero) is 1. The average molecular weight is 126 g/mol. The Bertz CT molecular complexity index is 145. The summed E-state index contributed by atoms with van der Waals surface area (Å²) in [5.41, 5.74) is 7.90. The van der Waals surface area contributed by atoms with Crippen molar-refractivity contribution in [3.8, 4) is 0 Å². The lowest BCUT2D eigenvalue weighted by atomic mass is 10.1. The molecule has 9 heavy (non-hydrogen) atoms. The lowest BCUT2D eigenvalue weighted by molar-refractivity contribution is -0.116. The van der Waals surface area contributed by atoms with Crippen molar-refractivity contribution in [3.63, 3.8) is 0 Å². The largest absolute Gasteiger partial charge is 0.361 e. The van der Waals surface area contributed by atoms with E-state index in [1.807, 2.05) is 13.8 Å². The van der Waals surface area contributed by atoms with Crippen molar-refractivity contribution in [1.82, 2.24) is 0 Å². The Morgan fingerprint density at radius 1 is 1.78 bits per heavy atom. The number of carbonyl (C=O) groups excluding carboxylic acids is 1. The second kappa shape index (κ2) is 3.98. The summed E-state index contributed by atoms with van der Waals surface area (Å²) >= 11 is 0. The highest BCUT2D eigenvalue weighted by Crippen LogP contribution is 1.97. The van der Waals surface area contributed by atoms with Gasteiger partial charge in [0.2, 0.25) is 5.78 Å². The molecule has 0 aromatic rings. The van der Waals surface area contributed by atoms with Gasteiger partial charge in [-0.2, -0.15) is 4.79 Å². The first-order valence-corrected chi connectivity index (χ1v) is 2.87. The molecule has 0 N–H and O–H groups in total. The van der Waals surface area contributed by atoms with Crippen molar-refractivity contribution in [2.75, 3.05) is 0 Å². The first kappa shape index (κ1) is 8.05. The molecular formula is C6H10N2O. The first-order chi connectivity index (χ1) is 4.16. The molecule has 0 amide bonds. The zero-order valence-electron chi connectivity index (χ0n) is 5.66. The molecule has 0 unspecified atom stereocenters. The van der Waals surface area contributed by atoms with Gasteiger partial charge in [-0.1, -0.05) is 13.8 Å². The Kier molecular flexibility index (Phi) is 3.56. The number of ketones is 1. The molecular weight excluding hydrogens is 116 g/mol. The normalized spacial score (nSPS) is 8.78. The predicted octanol–water partition coefficient (Wildman–Crippen LogP) is 0.902. The minimum Gasteiger partial charge on any atom is -0.361 e. The third kappa shape index (κ3) is 4.91. The summed E-state index contributed by atoms with van der Waals surface area (Å²) in [6.45, 7) is 3.87. The van der Waals surface area contributed by atoms with Crippen LogP contribution >= 0.6 is 0 Å². The van der Waals surface area contributed by atoms with E-state index in [2.05, 4.69) is 4.79 Å². The van der Waals surface area contributed by atoms with Crippen molar-refractivity contribution in [1.29, 1.82) is 0 Å². The topological polar surface area (TPSA) is 53.5 Å². The highest BCUT2D eigenvalue weighted by atomic mass is 16.1. The van der Waals surface area contributed by atoms with E-state index in [-0.39, 0.29) is 5.78 Å². The van der Waals surface area contributed by atoms with E-state index in [4.69, 9.17) is 5.53 Å². The monoisotopic (exact) mass is 126 g/mol. The third-order valence-corrected chi connectivity index (χ3v) is 0.811. The molecule has 0 rings (SSSR count). The molecule has 0 radical (unpaired) electrons. The third-order valence-electron chi connectivity index (χ3n) is 0.811. The number of nitrogens with zero attached hydrogens (tertiary/aromatic N) is 2. The van der Waals surface area contributed by atoms with Gasteiger partial charge in [-0.15, -0.1) is 0 Å². The van der Waals surface area contributed by atoms with E-state index in [0.717, 1.165) is 6.21 Å². The van der Waals surface area contributed by atoms with Crippen molar-refractivity contribution in [2.24, 2.45) is 5.92 Å². The average Bonchev–Trinajstić information content (AvgIpc) is 1.63. The van der Waals surface area contributed by atoms with E-state index < -0.39 is 0 Å². The second-order valence-corrected chi connectivity index (χ2v) is 2.31. The molecule has 0 aliphatic heterocycles. The Hall–Kier alpha value is -0.950. The van der Waals surface area contributed by atoms with E-state index in [9.17, 15) is 4.79 Å². The lowest BCUT2D eigenvalue weighted by Gasteiger charge is -1.93. The summed E-state index contributed by atoms with van der Waals surface area (Å²) in [6.07, 6.45) is 1.38. The van der Waals surface area contributed by atoms with Gasteiger partial charge in [-0.05, 0) is 5.92 Å². The van der Waals surface area contributed by atoms with Crippen LogP contribution in [0.25, 0.3) is 5.53 Å². The van der Waals surface area contributed by atoms with Crippen LogP contribution in [0.1, 0.15) is 20.3 Å². The van der Waals surface area contributed by atoms with Gasteiger partial charge < -0.3 is 5.53 Å². The van der Waals surface area contributed by atoms with Crippen molar-refractivity contribution in [3.05, 3.63) is 5.53 Å². The molecule has 3 nitrogen and oxygen atoms in total. The van der Waals surface area contributed by atoms with Crippen molar-refractivity contribution >= 4 is 12.0 Å². The van der Waals surface area contributed by atoms with E-state index in [0.29, 0.717) is 12.3 Å². The van der Waals surface area contributed by atoms with Crippen LogP contribution in [0.4, 0.5) is 0 Å². The van der Waals surface area contributed by atoms with Crippen molar-refractivity contribution in [2.45, 2.75) is 20.3 Å². The summed E-state index contributed by atoms with van der Waals surface area (Å²) in [4.78, 5) is 13.2. The summed E-state index contributed by atoms with van der Waals surface area (Å²) in [5, 5.41) is 0. The highest BCUT2D eigenvalue weighted by molar-refractivity contribution is 6.25. The van der Waals surface area contributed by atoms with Crippen LogP contribution < -0.4 is 0 Å². The summed E-state index contributed by atoms with van der Waals surface area (Å²) in [5.74, 6) is 0.197. The van der Waals surface area contributed by atoms with Gasteiger partial charge in [-0.3, -0.25) is 4.79 Å². The van der Waals surface area contributed by atoms with Crippen LogP contribution in [0.2, 0.25) is 0 Å². The molecule has 0 heterocycles. The maximum Gasteiger partial charge on any atom is 0.323 e. The standard InChI is InChI=1S/C6H10N2O/c1-5(2)3-6(9)4-8-7/h4-5H,3H2,1-2H3. The Morgan fingerprint density at radius 2 is 2.33 bits per heavy atom. The van der Waals surface area contributed by atoms with Crippen LogP contribution in [-0.2, 0) is 4.79 Å². The van der Waals surface area contributed by atoms with Crippen LogP contribution in [0.15, 0.2) is 0 Å². The molecule has 0 aliphatic rings. The van der Waals surface area contributed by atoms with E-state index in [1.54, 1.807) is 0 Å². The first-order valence-electron chi connectivity index (χ1n) is 2.87. The second-order valence-electron chi connectivity index (χ2n) is 2.31. The Labute approximate surface area is 54.3 Å². The van der Waals surface area contributed by atoms with Gasteiger partial charge in [0.15, 0.2) is 0 Å². The van der Waals surface area contributed by atoms with Crippen molar-refractivity contribution < 1.29 is 9.58 Å². The fourth-order valence-electron chi connectivity index (χ4n) is 0.519. The SMILES string of the molecule is CC(C)CC(=O)C=[N+]=[N-]. The van der Waals surface area contributed by atoms with Crippen LogP contribution in [0, 0.1) is 5.92 Å². The molecule has 3 heteroatoms. The smallest absolute Gasteiger partial charge is 0.323 e. The van der Waals surface area contributed by atoms with Gasteiger partial charge in [0, 0.05) is 6.42 Å². The zero-order valence-corrected chi connectivity index (χ0v) is 5.66. The molecule has 0 saturated carbocycles. The fourth-order valence-corrected chi connectivity index (χ4v) is 0.519. The minimum atomic E-state index is -0.132. The highest BCUT2D eigenvalue weighted by Gasteiger charge is 2.04. The number of rotatable bonds is 3. The maximum atomic E-state index is 10.5. The fraction of sp³-hybridized carbons (Fsp3) is 0.667. The van der Waals surface area contributed by atoms with Gasteiger partial charge in [0.1, 0.15) is 0 Å². The van der Waals surface area contributed by atoms with Crippen LogP contribution in [0.5, 0.6) is 0 Å². The Morgan fingerprint density at radius 3 is 2.67 bits per heavy atom. The maximum absolute atomic E-state index is 10.5. The summed E-state index contributed by atoms with van der Waals surface area (Å²) in [6, 6.07) is 0. The molecule has 0 aromatic heterocycles. The van der Waals surface area contributed by atoms with E-state index in [1.165, 1.54) is 0 Å². The molecule has 0 aliphatic carbocycles. The van der Waals surface area contributed by atoms with Gasteiger partial charge >= 0.3 is 6.21 Å². The summed E-state index contributed by atoms with van der Waals surface area (Å²) in [7, 11) is 0. The Balaban J connectivity index is 3.64. The molecule has 0 bridgehead atoms. The quantitative estimate of drug-likeness (QED) is 0.315. The van der Waals surface area contributed by atoms with E-state index >= 15 is 0 Å². The van der Waals surface area contributed by atoms with Gasteiger partial charge in [0.25, 0.3) is 0 Å². The molecule has 0 atom stereocenters. The molecule has 0 fully saturated rings. The van der Waals surface area contributed by atoms with Gasteiger partial charge in [0.05, 0.1) is 0 Å². The number of hydrogen-bond acceptors (Lipinski definition) is 1. The molecule has 0 aromatic carbocycles. The minimum absolute atomic E-state index is 0.132. The lowest BCUT2D eigenvalue weighted by Crippen LogP contribution is -2.03. The van der Waals surface area contributed by atoms with Crippen LogP contribution in [-0.4, -0.2) is 16.8 Å². The molecule has 50 valence electrons. The number of hydrogen-bond donors (Lipinski definition) is 0. The van der Waals surface area contributed by atoms with Crippen LogP contribution in [0.3, 0.4) is 0 Å². The summed E-state index contributed by atoms with van der Waals surface area (Å²) < 4.78 is 0. The molecule has 0 spiro atoms. The zero-order chi connectivity index (χ0) is 7.28.